The number of carbonyl (C=O) groups is 1. The number of aromatic nitrogens is 2. The molecule has 1 aliphatic heterocycles. The fraction of sp³-hybridized carbons (Fsp3) is 0.379. The van der Waals surface area contributed by atoms with Crippen LogP contribution in [0, 0.1) is 11.6 Å². The Balaban J connectivity index is 1.15. The van der Waals surface area contributed by atoms with Crippen LogP contribution in [0.3, 0.4) is 0 Å². The number of aryl methyl sites for hydroxylation is 1. The van der Waals surface area contributed by atoms with Crippen molar-refractivity contribution in [3.8, 4) is 11.3 Å². The van der Waals surface area contributed by atoms with Crippen molar-refractivity contribution in [3.05, 3.63) is 71.1 Å². The van der Waals surface area contributed by atoms with Crippen LogP contribution in [0.1, 0.15) is 40.4 Å². The second kappa shape index (κ2) is 9.87. The molecular formula is C29H30F2N4O3. The first kappa shape index (κ1) is 24.6. The van der Waals surface area contributed by atoms with Crippen molar-refractivity contribution in [1.82, 2.24) is 14.6 Å². The summed E-state index contributed by atoms with van der Waals surface area (Å²) in [4.78, 5) is 16.8. The van der Waals surface area contributed by atoms with Crippen LogP contribution in [-0.2, 0) is 18.2 Å². The Kier molecular flexibility index (Phi) is 6.39. The molecule has 0 bridgehead atoms. The Hall–Kier alpha value is -3.72. The molecule has 3 heterocycles. The highest BCUT2D eigenvalue weighted by Gasteiger charge is 2.34. The zero-order valence-electron chi connectivity index (χ0n) is 21.5. The van der Waals surface area contributed by atoms with Gasteiger partial charge in [0.2, 0.25) is 0 Å². The number of esters is 1. The second-order valence-corrected chi connectivity index (χ2v) is 10.2. The Morgan fingerprint density at radius 3 is 2.53 bits per heavy atom. The molecule has 198 valence electrons. The highest BCUT2D eigenvalue weighted by atomic mass is 19.1. The van der Waals surface area contributed by atoms with E-state index in [4.69, 9.17) is 9.26 Å². The Labute approximate surface area is 219 Å². The number of anilines is 1. The van der Waals surface area contributed by atoms with Gasteiger partial charge in [0.25, 0.3) is 0 Å². The summed E-state index contributed by atoms with van der Waals surface area (Å²) in [6.45, 7) is 4.20. The van der Waals surface area contributed by atoms with E-state index in [1.165, 1.54) is 25.3 Å². The molecule has 2 aromatic carbocycles. The Morgan fingerprint density at radius 1 is 1.11 bits per heavy atom. The van der Waals surface area contributed by atoms with E-state index in [1.54, 1.807) is 6.20 Å². The summed E-state index contributed by atoms with van der Waals surface area (Å²) in [5, 5.41) is 5.00. The van der Waals surface area contributed by atoms with Crippen molar-refractivity contribution < 1.29 is 22.8 Å². The molecule has 9 heteroatoms. The molecule has 1 saturated carbocycles. The molecule has 1 aliphatic carbocycles. The summed E-state index contributed by atoms with van der Waals surface area (Å²) in [7, 11) is 3.32. The molecule has 0 N–H and O–H groups in total. The number of methoxy groups -OCH3 is 1. The molecule has 1 saturated heterocycles. The van der Waals surface area contributed by atoms with Gasteiger partial charge < -0.3 is 18.7 Å². The molecule has 4 aromatic rings. The average molecular weight is 521 g/mol. The van der Waals surface area contributed by atoms with Crippen molar-refractivity contribution in [3.63, 3.8) is 0 Å². The number of rotatable bonds is 7. The van der Waals surface area contributed by atoms with E-state index in [0.29, 0.717) is 23.6 Å². The van der Waals surface area contributed by atoms with Crippen molar-refractivity contribution in [2.75, 3.05) is 44.7 Å². The van der Waals surface area contributed by atoms with Crippen LogP contribution in [0.5, 0.6) is 0 Å². The van der Waals surface area contributed by atoms with Gasteiger partial charge in [-0.25, -0.2) is 13.6 Å². The maximum absolute atomic E-state index is 14.6. The highest BCUT2D eigenvalue weighted by molar-refractivity contribution is 6.05. The van der Waals surface area contributed by atoms with E-state index in [0.717, 1.165) is 73.5 Å². The number of nitrogens with zero attached hydrogens (tertiary/aromatic N) is 4. The number of halogens is 2. The predicted molar refractivity (Wildman–Crippen MR) is 140 cm³/mol. The molecule has 0 amide bonds. The van der Waals surface area contributed by atoms with Gasteiger partial charge in [-0.2, -0.15) is 0 Å². The van der Waals surface area contributed by atoms with E-state index in [2.05, 4.69) is 27.1 Å². The van der Waals surface area contributed by atoms with E-state index >= 15 is 0 Å². The monoisotopic (exact) mass is 520 g/mol. The van der Waals surface area contributed by atoms with E-state index < -0.39 is 11.6 Å². The van der Waals surface area contributed by atoms with Crippen molar-refractivity contribution >= 4 is 22.6 Å². The summed E-state index contributed by atoms with van der Waals surface area (Å²) in [6.07, 6.45) is 4.48. The number of ether oxygens (including phenoxy) is 1. The molecule has 7 nitrogen and oxygen atoms in total. The lowest BCUT2D eigenvalue weighted by atomic mass is 10.0. The third-order valence-electron chi connectivity index (χ3n) is 7.76. The van der Waals surface area contributed by atoms with Gasteiger partial charge >= 0.3 is 5.97 Å². The SMILES string of the molecule is COC(=O)c1cn(C)c2cc(N3CCN(CCc4c(-c5c(F)cccc5F)noc4C4CC4)CC3)ccc12. The minimum Gasteiger partial charge on any atom is -0.465 e. The number of benzene rings is 2. The van der Waals surface area contributed by atoms with Crippen LogP contribution in [-0.4, -0.2) is 60.4 Å². The lowest BCUT2D eigenvalue weighted by Gasteiger charge is -2.36. The molecule has 0 radical (unpaired) electrons. The number of fused-ring (bicyclic) bond motifs is 1. The fourth-order valence-electron chi connectivity index (χ4n) is 5.49. The molecular weight excluding hydrogens is 490 g/mol. The minimum absolute atomic E-state index is 0.102. The van der Waals surface area contributed by atoms with Gasteiger partial charge in [0.05, 0.1) is 23.8 Å². The lowest BCUT2D eigenvalue weighted by Crippen LogP contribution is -2.47. The van der Waals surface area contributed by atoms with Crippen molar-refractivity contribution in [2.45, 2.75) is 25.2 Å². The highest BCUT2D eigenvalue weighted by Crippen LogP contribution is 2.44. The molecule has 6 rings (SSSR count). The molecule has 38 heavy (non-hydrogen) atoms. The fourth-order valence-corrected chi connectivity index (χ4v) is 5.49. The number of hydrogen-bond donors (Lipinski definition) is 0. The van der Waals surface area contributed by atoms with Crippen LogP contribution in [0.15, 0.2) is 47.1 Å². The summed E-state index contributed by atoms with van der Waals surface area (Å²) < 4.78 is 41.6. The number of piperazine rings is 1. The zero-order chi connectivity index (χ0) is 26.4. The van der Waals surface area contributed by atoms with Crippen molar-refractivity contribution in [2.24, 2.45) is 7.05 Å². The van der Waals surface area contributed by atoms with Crippen LogP contribution >= 0.6 is 0 Å². The first-order valence-electron chi connectivity index (χ1n) is 13.0. The second-order valence-electron chi connectivity index (χ2n) is 10.2. The maximum atomic E-state index is 14.6. The molecule has 0 spiro atoms. The maximum Gasteiger partial charge on any atom is 0.340 e. The summed E-state index contributed by atoms with van der Waals surface area (Å²) in [5.41, 5.74) is 3.68. The van der Waals surface area contributed by atoms with Gasteiger partial charge in [0.1, 0.15) is 23.1 Å². The smallest absolute Gasteiger partial charge is 0.340 e. The predicted octanol–water partition coefficient (Wildman–Crippen LogP) is 5.14. The Morgan fingerprint density at radius 2 is 1.84 bits per heavy atom. The largest absolute Gasteiger partial charge is 0.465 e. The Bertz CT molecular complexity index is 1480. The van der Waals surface area contributed by atoms with E-state index in [-0.39, 0.29) is 11.5 Å². The van der Waals surface area contributed by atoms with Crippen molar-refractivity contribution in [1.29, 1.82) is 0 Å². The van der Waals surface area contributed by atoms with Gasteiger partial charge in [-0.1, -0.05) is 11.2 Å². The minimum atomic E-state index is -0.621. The van der Waals surface area contributed by atoms with E-state index in [1.807, 2.05) is 17.7 Å². The third-order valence-corrected chi connectivity index (χ3v) is 7.76. The molecule has 2 aromatic heterocycles. The third kappa shape index (κ3) is 4.45. The van der Waals surface area contributed by atoms with Gasteiger partial charge in [-0.15, -0.1) is 0 Å². The van der Waals surface area contributed by atoms with Gasteiger partial charge in [-0.05, 0) is 49.6 Å². The molecule has 2 fully saturated rings. The normalized spacial score (nSPS) is 16.4. The molecule has 0 unspecified atom stereocenters. The first-order valence-corrected chi connectivity index (χ1v) is 13.0. The van der Waals surface area contributed by atoms with Crippen LogP contribution in [0.4, 0.5) is 14.5 Å². The van der Waals surface area contributed by atoms with Gasteiger partial charge in [-0.3, -0.25) is 4.90 Å². The topological polar surface area (TPSA) is 63.7 Å². The van der Waals surface area contributed by atoms with Gasteiger partial charge in [0.15, 0.2) is 0 Å². The summed E-state index contributed by atoms with van der Waals surface area (Å²) in [6, 6.07) is 10.0. The van der Waals surface area contributed by atoms with E-state index in [9.17, 15) is 13.6 Å². The first-order chi connectivity index (χ1) is 18.4. The molecule has 2 aliphatic rings. The van der Waals surface area contributed by atoms with Crippen LogP contribution in [0.2, 0.25) is 0 Å². The standard InChI is InChI=1S/C29H30F2N4O3/c1-33-17-22(29(36)37-2)20-9-8-19(16-25(20)33)35-14-12-34(13-15-35)11-10-21-27(32-38-28(21)18-6-7-18)26-23(30)4-3-5-24(26)31/h3-5,8-9,16-18H,6-7,10-15H2,1-2H3. The average Bonchev–Trinajstić information content (AvgIpc) is 3.61. The summed E-state index contributed by atoms with van der Waals surface area (Å²) in [5.74, 6) is -0.502. The molecule has 0 atom stereocenters. The summed E-state index contributed by atoms with van der Waals surface area (Å²) >= 11 is 0. The number of hydrogen-bond acceptors (Lipinski definition) is 6. The van der Waals surface area contributed by atoms with Crippen LogP contribution in [0.25, 0.3) is 22.2 Å². The van der Waals surface area contributed by atoms with Gasteiger partial charge in [0, 0.05) is 68.5 Å². The van der Waals surface area contributed by atoms with Crippen LogP contribution < -0.4 is 4.90 Å². The lowest BCUT2D eigenvalue weighted by molar-refractivity contribution is 0.0602. The zero-order valence-corrected chi connectivity index (χ0v) is 21.5. The number of carbonyl (C=O) groups excluding carboxylic acids is 1. The quantitative estimate of drug-likeness (QED) is 0.315.